The summed E-state index contributed by atoms with van der Waals surface area (Å²) in [6.07, 6.45) is 1.00. The molecule has 2 aromatic rings. The van der Waals surface area contributed by atoms with Crippen molar-refractivity contribution in [2.24, 2.45) is 0 Å². The fourth-order valence-electron chi connectivity index (χ4n) is 4.89. The number of hydrogen-bond donors (Lipinski definition) is 4. The molecule has 7 rings (SSSR count). The minimum atomic E-state index is 0.675. The Bertz CT molecular complexity index is 1130. The first-order chi connectivity index (χ1) is 20.4. The van der Waals surface area contributed by atoms with E-state index < -0.39 is 0 Å². The number of nitrogens with zero attached hydrogens (tertiary/aromatic N) is 4. The summed E-state index contributed by atoms with van der Waals surface area (Å²) < 4.78 is 0. The van der Waals surface area contributed by atoms with Crippen molar-refractivity contribution in [3.8, 4) is 0 Å². The van der Waals surface area contributed by atoms with Crippen molar-refractivity contribution < 1.29 is 0 Å². The lowest BCUT2D eigenvalue weighted by atomic mass is 10.1. The molecule has 6 bridgehead atoms. The Labute approximate surface area is 272 Å². The van der Waals surface area contributed by atoms with Gasteiger partial charge >= 0.3 is 0 Å². The van der Waals surface area contributed by atoms with Gasteiger partial charge in [0.25, 0.3) is 0 Å². The Morgan fingerprint density at radius 1 is 0.500 bits per heavy atom. The molecular weight excluding hydrogens is 601 g/mol. The molecule has 1 saturated heterocycles. The third-order valence-electron chi connectivity index (χ3n) is 7.57. The molecule has 0 atom stereocenters. The average molecular weight is 643 g/mol. The molecule has 0 unspecified atom stereocenters. The molecule has 2 aromatic carbocycles. The smallest absolute Gasteiger partial charge is 0.170 e. The molecule has 0 amide bonds. The molecule has 0 aliphatic carbocycles. The Hall–Kier alpha value is -2.80. The summed E-state index contributed by atoms with van der Waals surface area (Å²) in [5.74, 6) is 0. The summed E-state index contributed by atoms with van der Waals surface area (Å²) in [7, 11) is 0. The van der Waals surface area contributed by atoms with Gasteiger partial charge in [0.05, 0.1) is 6.67 Å². The van der Waals surface area contributed by atoms with E-state index in [4.69, 9.17) is 48.9 Å². The van der Waals surface area contributed by atoms with Crippen molar-refractivity contribution in [3.05, 3.63) is 70.8 Å². The highest BCUT2D eigenvalue weighted by atomic mass is 32.1. The maximum Gasteiger partial charge on any atom is 0.170 e. The predicted molar refractivity (Wildman–Crippen MR) is 188 cm³/mol. The van der Waals surface area contributed by atoms with E-state index in [0.29, 0.717) is 32.8 Å². The van der Waals surface area contributed by atoms with E-state index in [1.165, 1.54) is 22.3 Å². The van der Waals surface area contributed by atoms with Gasteiger partial charge in [-0.05, 0) is 91.4 Å². The molecule has 1 fully saturated rings. The lowest BCUT2D eigenvalue weighted by molar-refractivity contribution is 0.209. The van der Waals surface area contributed by atoms with Gasteiger partial charge in [0.15, 0.2) is 20.4 Å². The van der Waals surface area contributed by atoms with E-state index in [1.54, 1.807) is 0 Å². The van der Waals surface area contributed by atoms with Crippen LogP contribution in [0.2, 0.25) is 0 Å². The van der Waals surface area contributed by atoms with E-state index in [2.05, 4.69) is 103 Å². The summed E-state index contributed by atoms with van der Waals surface area (Å²) in [5.41, 5.74) is 4.71. The van der Waals surface area contributed by atoms with Crippen LogP contribution in [0.1, 0.15) is 42.5 Å². The molecule has 0 aromatic heterocycles. The fraction of sp³-hybridized carbons (Fsp3) is 0.467. The van der Waals surface area contributed by atoms with Gasteiger partial charge in [-0.2, -0.15) is 0 Å². The first-order valence-electron chi connectivity index (χ1n) is 14.6. The van der Waals surface area contributed by atoms with Crippen LogP contribution in [-0.2, 0) is 26.2 Å². The highest BCUT2D eigenvalue weighted by Gasteiger charge is 2.21. The van der Waals surface area contributed by atoms with E-state index in [9.17, 15) is 0 Å². The van der Waals surface area contributed by atoms with E-state index in [1.807, 2.05) is 0 Å². The van der Waals surface area contributed by atoms with E-state index in [-0.39, 0.29) is 0 Å². The van der Waals surface area contributed by atoms with Crippen LogP contribution in [0.25, 0.3) is 0 Å². The van der Waals surface area contributed by atoms with Crippen molar-refractivity contribution in [1.29, 1.82) is 0 Å². The molecule has 5 aliphatic heterocycles. The average Bonchev–Trinajstić information content (AvgIpc) is 3.03. The zero-order chi connectivity index (χ0) is 29.9. The molecular formula is C30H42N8S4. The first-order valence-corrected chi connectivity index (χ1v) is 16.3. The van der Waals surface area contributed by atoms with Crippen LogP contribution < -0.4 is 21.3 Å². The normalized spacial score (nSPS) is 18.2. The predicted octanol–water partition coefficient (Wildman–Crippen LogP) is 3.51. The van der Waals surface area contributed by atoms with Crippen molar-refractivity contribution in [2.75, 3.05) is 45.9 Å². The highest BCUT2D eigenvalue weighted by molar-refractivity contribution is 7.80. The molecule has 4 N–H and O–H groups in total. The van der Waals surface area contributed by atoms with Gasteiger partial charge in [-0.1, -0.05) is 48.5 Å². The molecule has 12 heteroatoms. The second kappa shape index (κ2) is 16.2. The molecule has 8 nitrogen and oxygen atoms in total. The molecule has 226 valence electrons. The lowest BCUT2D eigenvalue weighted by Gasteiger charge is -2.38. The SMILES string of the molecule is CCN1CCN(CC)C(=S)NCc2ccc(cc2)CNC(=S)N2CCCN(C2)C(=S)NCc2ccc(cc2)CNC1=S. The quantitative estimate of drug-likeness (QED) is 0.363. The third-order valence-corrected chi connectivity index (χ3v) is 9.18. The largest absolute Gasteiger partial charge is 0.358 e. The number of hydrogen-bond acceptors (Lipinski definition) is 4. The first kappa shape index (κ1) is 32.1. The maximum absolute atomic E-state index is 5.75. The molecule has 0 saturated carbocycles. The Morgan fingerprint density at radius 3 is 1.12 bits per heavy atom. The number of likely N-dealkylation sites (N-methyl/N-ethyl adjacent to an activating group) is 2. The highest BCUT2D eigenvalue weighted by Crippen LogP contribution is 2.10. The number of benzene rings is 2. The van der Waals surface area contributed by atoms with Crippen LogP contribution in [0.5, 0.6) is 0 Å². The van der Waals surface area contributed by atoms with Crippen molar-refractivity contribution in [3.63, 3.8) is 0 Å². The molecule has 5 heterocycles. The minimum absolute atomic E-state index is 0.675. The van der Waals surface area contributed by atoms with Crippen LogP contribution in [0.3, 0.4) is 0 Å². The van der Waals surface area contributed by atoms with Gasteiger partial charge in [-0.3, -0.25) is 0 Å². The van der Waals surface area contributed by atoms with Crippen molar-refractivity contribution in [1.82, 2.24) is 40.9 Å². The zero-order valence-electron chi connectivity index (χ0n) is 24.5. The van der Waals surface area contributed by atoms with Gasteiger partial charge in [0.1, 0.15) is 0 Å². The Morgan fingerprint density at radius 2 is 0.810 bits per heavy atom. The zero-order valence-corrected chi connectivity index (χ0v) is 27.8. The summed E-state index contributed by atoms with van der Waals surface area (Å²) in [6.45, 7) is 12.7. The number of nitrogens with one attached hydrogen (secondary N) is 4. The van der Waals surface area contributed by atoms with Gasteiger partial charge in [-0.25, -0.2) is 0 Å². The summed E-state index contributed by atoms with van der Waals surface area (Å²) >= 11 is 23.0. The molecule has 42 heavy (non-hydrogen) atoms. The van der Waals surface area contributed by atoms with Crippen LogP contribution >= 0.6 is 48.9 Å². The van der Waals surface area contributed by atoms with E-state index in [0.717, 1.165) is 66.1 Å². The second-order valence-electron chi connectivity index (χ2n) is 10.4. The molecule has 0 radical (unpaired) electrons. The Kier molecular flexibility index (Phi) is 12.4. The van der Waals surface area contributed by atoms with Crippen LogP contribution in [-0.4, -0.2) is 86.0 Å². The third kappa shape index (κ3) is 9.35. The Balaban J connectivity index is 1.45. The maximum atomic E-state index is 5.75. The van der Waals surface area contributed by atoms with Gasteiger partial charge in [0, 0.05) is 65.4 Å². The van der Waals surface area contributed by atoms with Gasteiger partial charge in [0.2, 0.25) is 0 Å². The van der Waals surface area contributed by atoms with Gasteiger partial charge < -0.3 is 40.9 Å². The molecule has 5 aliphatic rings. The van der Waals surface area contributed by atoms with Crippen LogP contribution in [0, 0.1) is 0 Å². The monoisotopic (exact) mass is 642 g/mol. The van der Waals surface area contributed by atoms with Crippen molar-refractivity contribution in [2.45, 2.75) is 46.4 Å². The van der Waals surface area contributed by atoms with E-state index >= 15 is 0 Å². The standard InChI is InChI=1S/C30H42N8S4/c1-3-35-16-17-36(4-2)28(40)32-19-24-8-12-26(13-9-24)21-34-30(42)38-15-5-14-37(22-38)29(41)33-20-25-10-6-23(7-11-25)18-31-27(35)39/h6-13H,3-5,14-22H2,1-2H3,(H,31,39)(H,32,40)(H,33,41)(H,34,42). The number of rotatable bonds is 2. The molecule has 0 spiro atoms. The number of thiocarbonyl (C=S) groups is 4. The topological polar surface area (TPSA) is 61.1 Å². The van der Waals surface area contributed by atoms with Crippen molar-refractivity contribution >= 4 is 69.3 Å². The lowest BCUT2D eigenvalue weighted by Crippen LogP contribution is -2.54. The fourth-order valence-corrected chi connectivity index (χ4v) is 5.91. The van der Waals surface area contributed by atoms with Crippen LogP contribution in [0.15, 0.2) is 48.5 Å². The summed E-state index contributed by atoms with van der Waals surface area (Å²) in [6, 6.07) is 17.1. The minimum Gasteiger partial charge on any atom is -0.358 e. The summed E-state index contributed by atoms with van der Waals surface area (Å²) in [5, 5.41) is 16.7. The van der Waals surface area contributed by atoms with Crippen LogP contribution in [0.4, 0.5) is 0 Å². The van der Waals surface area contributed by atoms with Gasteiger partial charge in [-0.15, -0.1) is 0 Å². The summed E-state index contributed by atoms with van der Waals surface area (Å²) in [4.78, 5) is 8.74. The second-order valence-corrected chi connectivity index (χ2v) is 12.0.